The standard InChI is InChI=1S/C41H51F3N8O4S/c1-25-22-49(23-26(2)50(25)24-36(54)47-30-9-5-8-29(19-30)46-34-16-17-35(53)48-37(34)55)18-6-7-27-10-13-31(14-11-27)52-39(57)51(38(56)40(52,3)4)32-15-12-28(21-45)33(20-32)41(42,43)44/h5,8-9,12,15,19-20,25-27,31,34,46H,6-7,10-11,13-14,16-18,22-24H2,1-4H3,(H,47,54)(H,48,53,55)/t25-,26+,27-,31-,34-/m1/s1. The summed E-state index contributed by atoms with van der Waals surface area (Å²) in [6, 6.07) is 11.9. The molecule has 2 aromatic carbocycles. The molecule has 57 heavy (non-hydrogen) atoms. The van der Waals surface area contributed by atoms with E-state index >= 15 is 0 Å². The van der Waals surface area contributed by atoms with Crippen LogP contribution in [-0.2, 0) is 25.4 Å². The van der Waals surface area contributed by atoms with Gasteiger partial charge in [0.15, 0.2) is 5.11 Å². The molecule has 4 fully saturated rings. The van der Waals surface area contributed by atoms with Gasteiger partial charge < -0.3 is 20.4 Å². The average molecular weight is 809 g/mol. The molecule has 0 spiro atoms. The summed E-state index contributed by atoms with van der Waals surface area (Å²) in [5.41, 5.74) is -1.31. The highest BCUT2D eigenvalue weighted by Gasteiger charge is 2.52. The van der Waals surface area contributed by atoms with Crippen molar-refractivity contribution in [3.05, 3.63) is 53.6 Å². The Morgan fingerprint density at radius 3 is 2.33 bits per heavy atom. The monoisotopic (exact) mass is 808 g/mol. The van der Waals surface area contributed by atoms with E-state index in [0.717, 1.165) is 70.3 Å². The molecule has 0 bridgehead atoms. The quantitative estimate of drug-likeness (QED) is 0.186. The SMILES string of the molecule is C[C@@H]1CN(CCC[C@H]2CC[C@H](N3C(=S)N(c4ccc(C#N)c(C(F)(F)F)c4)C(=O)C3(C)C)CC2)C[C@H](C)N1CC(=O)Nc1cccc(N[C@@H]2CCC(=O)NC2=O)c1. The summed E-state index contributed by atoms with van der Waals surface area (Å²) in [4.78, 5) is 58.2. The second-order valence-electron chi connectivity index (χ2n) is 16.4. The Labute approximate surface area is 337 Å². The third kappa shape index (κ3) is 9.42. The number of nitriles is 1. The number of alkyl halides is 3. The number of nitrogens with one attached hydrogen (secondary N) is 3. The minimum absolute atomic E-state index is 0.0106. The molecule has 306 valence electrons. The minimum Gasteiger partial charge on any atom is -0.374 e. The van der Waals surface area contributed by atoms with Crippen molar-refractivity contribution < 1.29 is 32.3 Å². The van der Waals surface area contributed by atoms with Crippen LogP contribution in [0.25, 0.3) is 0 Å². The lowest BCUT2D eigenvalue weighted by atomic mass is 9.82. The van der Waals surface area contributed by atoms with Crippen molar-refractivity contribution in [1.29, 1.82) is 5.26 Å². The number of carbonyl (C=O) groups is 4. The fourth-order valence-electron chi connectivity index (χ4n) is 9.00. The number of piperazine rings is 1. The number of hydrogen-bond donors (Lipinski definition) is 3. The van der Waals surface area contributed by atoms with E-state index in [1.165, 1.54) is 11.0 Å². The number of benzene rings is 2. The van der Waals surface area contributed by atoms with Gasteiger partial charge in [-0.15, -0.1) is 0 Å². The van der Waals surface area contributed by atoms with Crippen LogP contribution >= 0.6 is 12.2 Å². The summed E-state index contributed by atoms with van der Waals surface area (Å²) in [5.74, 6) is -0.603. The van der Waals surface area contributed by atoms with Crippen molar-refractivity contribution in [2.24, 2.45) is 5.92 Å². The maximum absolute atomic E-state index is 13.7. The third-order valence-corrected chi connectivity index (χ3v) is 12.3. The van der Waals surface area contributed by atoms with Gasteiger partial charge >= 0.3 is 6.18 Å². The molecule has 1 aliphatic carbocycles. The number of hydrogen-bond acceptors (Lipinski definition) is 9. The van der Waals surface area contributed by atoms with E-state index in [-0.39, 0.29) is 65.5 Å². The van der Waals surface area contributed by atoms with Crippen molar-refractivity contribution in [1.82, 2.24) is 20.0 Å². The van der Waals surface area contributed by atoms with Gasteiger partial charge in [0.2, 0.25) is 17.7 Å². The predicted molar refractivity (Wildman–Crippen MR) is 214 cm³/mol. The maximum Gasteiger partial charge on any atom is 0.417 e. The smallest absolute Gasteiger partial charge is 0.374 e. The molecule has 0 aromatic heterocycles. The van der Waals surface area contributed by atoms with E-state index in [0.29, 0.717) is 23.7 Å². The molecule has 3 N–H and O–H groups in total. The van der Waals surface area contributed by atoms with Crippen LogP contribution in [0.2, 0.25) is 0 Å². The molecule has 2 aromatic rings. The van der Waals surface area contributed by atoms with Gasteiger partial charge in [0.05, 0.1) is 29.4 Å². The molecule has 3 aliphatic heterocycles. The van der Waals surface area contributed by atoms with E-state index in [2.05, 4.69) is 39.6 Å². The molecular formula is C41H51F3N8O4S. The second-order valence-corrected chi connectivity index (χ2v) is 16.8. The Morgan fingerprint density at radius 1 is 1.00 bits per heavy atom. The van der Waals surface area contributed by atoms with Gasteiger partial charge in [-0.25, -0.2) is 0 Å². The Kier molecular flexibility index (Phi) is 12.6. The Balaban J connectivity index is 0.943. The lowest BCUT2D eigenvalue weighted by Crippen LogP contribution is -2.58. The molecule has 3 atom stereocenters. The molecule has 6 rings (SSSR count). The van der Waals surface area contributed by atoms with E-state index in [1.807, 2.05) is 11.0 Å². The zero-order valence-electron chi connectivity index (χ0n) is 32.8. The van der Waals surface area contributed by atoms with Crippen molar-refractivity contribution in [2.45, 2.75) is 115 Å². The molecule has 4 aliphatic rings. The number of halogens is 3. The summed E-state index contributed by atoms with van der Waals surface area (Å²) in [7, 11) is 0. The molecule has 3 saturated heterocycles. The number of piperidine rings is 1. The number of nitrogens with zero attached hydrogens (tertiary/aromatic N) is 5. The number of amides is 4. The predicted octanol–water partition coefficient (Wildman–Crippen LogP) is 5.88. The zero-order chi connectivity index (χ0) is 41.2. The van der Waals surface area contributed by atoms with Gasteiger partial charge in [0.25, 0.3) is 5.91 Å². The van der Waals surface area contributed by atoms with E-state index in [1.54, 1.807) is 38.1 Å². The summed E-state index contributed by atoms with van der Waals surface area (Å²) in [5, 5.41) is 17.9. The normalized spacial score (nSPS) is 26.0. The number of rotatable bonds is 11. The summed E-state index contributed by atoms with van der Waals surface area (Å²) in [6.07, 6.45) is 1.63. The Morgan fingerprint density at radius 2 is 1.68 bits per heavy atom. The van der Waals surface area contributed by atoms with Crippen LogP contribution < -0.4 is 20.9 Å². The van der Waals surface area contributed by atoms with Crippen LogP contribution in [-0.4, -0.2) is 99.3 Å². The molecular weight excluding hydrogens is 758 g/mol. The number of carbonyl (C=O) groups excluding carboxylic acids is 4. The topological polar surface area (TPSA) is 141 Å². The number of imide groups is 1. The molecule has 16 heteroatoms. The van der Waals surface area contributed by atoms with Gasteiger partial charge in [-0.3, -0.25) is 34.3 Å². The fraction of sp³-hybridized carbons (Fsp3) is 0.561. The van der Waals surface area contributed by atoms with Crippen molar-refractivity contribution in [2.75, 3.05) is 41.7 Å². The summed E-state index contributed by atoms with van der Waals surface area (Å²) in [6.45, 7) is 10.7. The van der Waals surface area contributed by atoms with Crippen LogP contribution in [0, 0.1) is 17.2 Å². The highest BCUT2D eigenvalue weighted by atomic mass is 32.1. The number of anilines is 3. The Bertz CT molecular complexity index is 1920. The molecule has 0 unspecified atom stereocenters. The largest absolute Gasteiger partial charge is 0.417 e. The van der Waals surface area contributed by atoms with Gasteiger partial charge in [-0.2, -0.15) is 18.4 Å². The van der Waals surface area contributed by atoms with E-state index in [4.69, 9.17) is 12.2 Å². The first kappa shape index (κ1) is 42.0. The van der Waals surface area contributed by atoms with E-state index < -0.39 is 28.9 Å². The second kappa shape index (κ2) is 17.1. The van der Waals surface area contributed by atoms with E-state index in [9.17, 15) is 37.6 Å². The van der Waals surface area contributed by atoms with Crippen molar-refractivity contribution in [3.8, 4) is 6.07 Å². The summed E-state index contributed by atoms with van der Waals surface area (Å²) >= 11 is 5.77. The first-order valence-corrected chi connectivity index (χ1v) is 20.1. The molecule has 3 heterocycles. The van der Waals surface area contributed by atoms with Gasteiger partial charge in [-0.1, -0.05) is 6.07 Å². The van der Waals surface area contributed by atoms with Crippen LogP contribution in [0.15, 0.2) is 42.5 Å². The first-order valence-electron chi connectivity index (χ1n) is 19.7. The van der Waals surface area contributed by atoms with Crippen molar-refractivity contribution >= 4 is 58.0 Å². The van der Waals surface area contributed by atoms with Crippen LogP contribution in [0.1, 0.15) is 90.2 Å². The van der Waals surface area contributed by atoms with Crippen LogP contribution in [0.5, 0.6) is 0 Å². The van der Waals surface area contributed by atoms with Gasteiger partial charge in [0.1, 0.15) is 11.6 Å². The van der Waals surface area contributed by atoms with Crippen LogP contribution in [0.4, 0.5) is 30.2 Å². The Hall–Kier alpha value is -4.59. The third-order valence-electron chi connectivity index (χ3n) is 11.9. The van der Waals surface area contributed by atoms with Crippen LogP contribution in [0.3, 0.4) is 0 Å². The molecule has 1 saturated carbocycles. The molecule has 0 radical (unpaired) electrons. The lowest BCUT2D eigenvalue weighted by Gasteiger charge is -2.44. The van der Waals surface area contributed by atoms with Gasteiger partial charge in [-0.05, 0) is 134 Å². The fourth-order valence-corrected chi connectivity index (χ4v) is 9.56. The van der Waals surface area contributed by atoms with Gasteiger partial charge in [0, 0.05) is 49.0 Å². The average Bonchev–Trinajstić information content (AvgIpc) is 3.32. The maximum atomic E-state index is 13.7. The molecule has 12 nitrogen and oxygen atoms in total. The summed E-state index contributed by atoms with van der Waals surface area (Å²) < 4.78 is 41.2. The minimum atomic E-state index is -4.75. The molecule has 4 amide bonds. The highest BCUT2D eigenvalue weighted by Crippen LogP contribution is 2.41. The van der Waals surface area contributed by atoms with Crippen molar-refractivity contribution in [3.63, 3.8) is 0 Å². The first-order chi connectivity index (χ1) is 27.0. The number of thiocarbonyl (C=S) groups is 1. The lowest BCUT2D eigenvalue weighted by molar-refractivity contribution is -0.138. The zero-order valence-corrected chi connectivity index (χ0v) is 33.6. The highest BCUT2D eigenvalue weighted by molar-refractivity contribution is 7.80.